The van der Waals surface area contributed by atoms with Crippen LogP contribution in [-0.4, -0.2) is 18.3 Å². The van der Waals surface area contributed by atoms with Crippen molar-refractivity contribution in [3.8, 4) is 11.5 Å². The van der Waals surface area contributed by atoms with E-state index < -0.39 is 0 Å². The minimum Gasteiger partial charge on any atom is -0.508 e. The lowest BCUT2D eigenvalue weighted by molar-refractivity contribution is 0.326. The highest BCUT2D eigenvalue weighted by atomic mass is 16.5. The van der Waals surface area contributed by atoms with E-state index >= 15 is 0 Å². The molecule has 70 valence electrons. The summed E-state index contributed by atoms with van der Waals surface area (Å²) in [5, 5.41) is 9.30. The smallest absolute Gasteiger partial charge is 0.123 e. The van der Waals surface area contributed by atoms with Gasteiger partial charge in [-0.25, -0.2) is 0 Å². The van der Waals surface area contributed by atoms with Crippen LogP contribution < -0.4 is 10.5 Å². The molecule has 1 aromatic carbocycles. The Morgan fingerprint density at radius 2 is 2.38 bits per heavy atom. The first-order chi connectivity index (χ1) is 6.31. The number of phenols is 1. The van der Waals surface area contributed by atoms with Crippen LogP contribution in [0.2, 0.25) is 0 Å². The quantitative estimate of drug-likeness (QED) is 0.717. The number of aromatic hydroxyl groups is 1. The Morgan fingerprint density at radius 1 is 1.54 bits per heavy atom. The fourth-order valence-electron chi connectivity index (χ4n) is 1.71. The maximum atomic E-state index is 9.30. The van der Waals surface area contributed by atoms with Gasteiger partial charge in [-0.1, -0.05) is 0 Å². The third kappa shape index (κ3) is 1.47. The van der Waals surface area contributed by atoms with Crippen LogP contribution in [0.1, 0.15) is 17.9 Å². The van der Waals surface area contributed by atoms with Crippen molar-refractivity contribution in [3.63, 3.8) is 0 Å². The molecule has 0 spiro atoms. The first-order valence-electron chi connectivity index (χ1n) is 4.47. The molecule has 0 saturated heterocycles. The summed E-state index contributed by atoms with van der Waals surface area (Å²) in [4.78, 5) is 0. The van der Waals surface area contributed by atoms with Crippen LogP contribution in [0.3, 0.4) is 0 Å². The summed E-state index contributed by atoms with van der Waals surface area (Å²) in [7, 11) is 0. The van der Waals surface area contributed by atoms with Crippen LogP contribution in [0.4, 0.5) is 0 Å². The van der Waals surface area contributed by atoms with Crippen molar-refractivity contribution in [1.29, 1.82) is 0 Å². The standard InChI is InChI=1S/C10H13NO2/c11-4-3-7-6-13-10-2-1-8(12)5-9(7)10/h1-2,5,7,12H,3-4,6,11H2. The summed E-state index contributed by atoms with van der Waals surface area (Å²) >= 11 is 0. The third-order valence-electron chi connectivity index (χ3n) is 2.39. The van der Waals surface area contributed by atoms with Crippen LogP contribution in [0.5, 0.6) is 11.5 Å². The van der Waals surface area contributed by atoms with Gasteiger partial charge in [0, 0.05) is 11.5 Å². The van der Waals surface area contributed by atoms with Gasteiger partial charge in [-0.3, -0.25) is 0 Å². The average molecular weight is 179 g/mol. The monoisotopic (exact) mass is 179 g/mol. The first kappa shape index (κ1) is 8.38. The van der Waals surface area contributed by atoms with E-state index in [0.717, 1.165) is 17.7 Å². The molecule has 1 aliphatic rings. The molecule has 13 heavy (non-hydrogen) atoms. The molecule has 0 aliphatic carbocycles. The van der Waals surface area contributed by atoms with Crippen molar-refractivity contribution in [1.82, 2.24) is 0 Å². The van der Waals surface area contributed by atoms with Crippen LogP contribution in [0.25, 0.3) is 0 Å². The Labute approximate surface area is 77.1 Å². The predicted molar refractivity (Wildman–Crippen MR) is 50.0 cm³/mol. The Morgan fingerprint density at radius 3 is 3.15 bits per heavy atom. The van der Waals surface area contributed by atoms with Gasteiger partial charge in [-0.2, -0.15) is 0 Å². The van der Waals surface area contributed by atoms with Gasteiger partial charge in [0.05, 0.1) is 6.61 Å². The zero-order chi connectivity index (χ0) is 9.26. The predicted octanol–water partition coefficient (Wildman–Crippen LogP) is 1.22. The molecule has 3 heteroatoms. The average Bonchev–Trinajstić information content (AvgIpc) is 2.49. The number of phenolic OH excluding ortho intramolecular Hbond substituents is 1. The topological polar surface area (TPSA) is 55.5 Å². The minimum atomic E-state index is 0.297. The lowest BCUT2D eigenvalue weighted by Gasteiger charge is -2.05. The van der Waals surface area contributed by atoms with Crippen molar-refractivity contribution in [3.05, 3.63) is 23.8 Å². The Balaban J connectivity index is 2.29. The van der Waals surface area contributed by atoms with Gasteiger partial charge in [0.15, 0.2) is 0 Å². The zero-order valence-electron chi connectivity index (χ0n) is 7.36. The van der Waals surface area contributed by atoms with Gasteiger partial charge in [0.2, 0.25) is 0 Å². The van der Waals surface area contributed by atoms with E-state index in [1.54, 1.807) is 18.2 Å². The molecule has 3 N–H and O–H groups in total. The maximum absolute atomic E-state index is 9.30. The summed E-state index contributed by atoms with van der Waals surface area (Å²) in [6.45, 7) is 1.35. The summed E-state index contributed by atoms with van der Waals surface area (Å²) in [5.74, 6) is 1.54. The summed E-state index contributed by atoms with van der Waals surface area (Å²) < 4.78 is 5.45. The molecular formula is C10H13NO2. The SMILES string of the molecule is NCCC1COc2ccc(O)cc21. The fourth-order valence-corrected chi connectivity index (χ4v) is 1.71. The van der Waals surface area contributed by atoms with E-state index in [2.05, 4.69) is 0 Å². The highest BCUT2D eigenvalue weighted by molar-refractivity contribution is 5.44. The second-order valence-electron chi connectivity index (χ2n) is 3.31. The summed E-state index contributed by atoms with van der Waals surface area (Å²) in [6, 6.07) is 5.22. The van der Waals surface area contributed by atoms with Gasteiger partial charge in [0.25, 0.3) is 0 Å². The largest absolute Gasteiger partial charge is 0.508 e. The number of hydrogen-bond acceptors (Lipinski definition) is 3. The Kier molecular flexibility index (Phi) is 2.10. The van der Waals surface area contributed by atoms with Gasteiger partial charge >= 0.3 is 0 Å². The molecule has 1 unspecified atom stereocenters. The van der Waals surface area contributed by atoms with Gasteiger partial charge < -0.3 is 15.6 Å². The molecule has 1 heterocycles. The molecular weight excluding hydrogens is 166 g/mol. The second-order valence-corrected chi connectivity index (χ2v) is 3.31. The van der Waals surface area contributed by atoms with Crippen LogP contribution >= 0.6 is 0 Å². The lowest BCUT2D eigenvalue weighted by atomic mass is 9.98. The highest BCUT2D eigenvalue weighted by Crippen LogP contribution is 2.37. The van der Waals surface area contributed by atoms with Crippen molar-refractivity contribution >= 4 is 0 Å². The van der Waals surface area contributed by atoms with E-state index in [9.17, 15) is 5.11 Å². The van der Waals surface area contributed by atoms with Gasteiger partial charge in [-0.05, 0) is 31.2 Å². The molecule has 0 aromatic heterocycles. The van der Waals surface area contributed by atoms with E-state index in [1.165, 1.54) is 0 Å². The first-order valence-corrected chi connectivity index (χ1v) is 4.47. The second kappa shape index (κ2) is 3.26. The molecule has 2 rings (SSSR count). The number of benzene rings is 1. The van der Waals surface area contributed by atoms with Crippen molar-refractivity contribution < 1.29 is 9.84 Å². The van der Waals surface area contributed by atoms with Gasteiger partial charge in [0.1, 0.15) is 11.5 Å². The van der Waals surface area contributed by atoms with E-state index in [-0.39, 0.29) is 0 Å². The normalized spacial score (nSPS) is 19.6. The molecule has 1 aliphatic heterocycles. The van der Waals surface area contributed by atoms with Crippen molar-refractivity contribution in [2.45, 2.75) is 12.3 Å². The molecule has 0 saturated carbocycles. The highest BCUT2D eigenvalue weighted by Gasteiger charge is 2.23. The molecule has 0 bridgehead atoms. The van der Waals surface area contributed by atoms with Crippen molar-refractivity contribution in [2.24, 2.45) is 5.73 Å². The number of fused-ring (bicyclic) bond motifs is 1. The zero-order valence-corrected chi connectivity index (χ0v) is 7.36. The molecule has 3 nitrogen and oxygen atoms in total. The maximum Gasteiger partial charge on any atom is 0.123 e. The molecule has 0 fully saturated rings. The van der Waals surface area contributed by atoms with Crippen LogP contribution in [0, 0.1) is 0 Å². The Bertz CT molecular complexity index is 310. The number of ether oxygens (including phenoxy) is 1. The summed E-state index contributed by atoms with van der Waals surface area (Å²) in [6.07, 6.45) is 0.913. The van der Waals surface area contributed by atoms with Crippen LogP contribution in [-0.2, 0) is 0 Å². The Hall–Kier alpha value is -1.22. The lowest BCUT2D eigenvalue weighted by Crippen LogP contribution is -2.08. The molecule has 1 aromatic rings. The van der Waals surface area contributed by atoms with E-state index in [0.29, 0.717) is 24.8 Å². The minimum absolute atomic E-state index is 0.297. The summed E-state index contributed by atoms with van der Waals surface area (Å²) in [5.41, 5.74) is 6.57. The third-order valence-corrected chi connectivity index (χ3v) is 2.39. The number of rotatable bonds is 2. The fraction of sp³-hybridized carbons (Fsp3) is 0.400. The molecule has 0 amide bonds. The molecule has 0 radical (unpaired) electrons. The molecule has 1 atom stereocenters. The van der Waals surface area contributed by atoms with E-state index in [1.807, 2.05) is 0 Å². The van der Waals surface area contributed by atoms with Gasteiger partial charge in [-0.15, -0.1) is 0 Å². The van der Waals surface area contributed by atoms with Crippen molar-refractivity contribution in [2.75, 3.05) is 13.2 Å². The van der Waals surface area contributed by atoms with E-state index in [4.69, 9.17) is 10.5 Å². The van der Waals surface area contributed by atoms with Crippen LogP contribution in [0.15, 0.2) is 18.2 Å². The number of nitrogens with two attached hydrogens (primary N) is 1. The number of hydrogen-bond donors (Lipinski definition) is 2.